The smallest absolute Gasteiger partial charge is 0.159 e. The molecule has 0 spiro atoms. The van der Waals surface area contributed by atoms with Gasteiger partial charge < -0.3 is 14.8 Å². The van der Waals surface area contributed by atoms with Gasteiger partial charge in [-0.15, -0.1) is 0 Å². The van der Waals surface area contributed by atoms with Crippen molar-refractivity contribution in [2.45, 2.75) is 0 Å². The summed E-state index contributed by atoms with van der Waals surface area (Å²) in [5.41, 5.74) is 1.03. The minimum atomic E-state index is 0.558. The molecule has 0 fully saturated rings. The Morgan fingerprint density at radius 3 is 3.27 bits per heavy atom. The fourth-order valence-corrected chi connectivity index (χ4v) is 1.09. The Morgan fingerprint density at radius 2 is 2.45 bits per heavy atom. The maximum atomic E-state index is 5.25. The topological polar surface area (TPSA) is 30.5 Å². The summed E-state index contributed by atoms with van der Waals surface area (Å²) < 4.78 is 10.3. The summed E-state index contributed by atoms with van der Waals surface area (Å²) in [5, 5.41) is 3.07. The monoisotopic (exact) mass is 151 g/mol. The quantitative estimate of drug-likeness (QED) is 0.659. The molecule has 0 radical (unpaired) electrons. The highest BCUT2D eigenvalue weighted by Gasteiger charge is 2.10. The van der Waals surface area contributed by atoms with Crippen molar-refractivity contribution in [2.75, 3.05) is 19.2 Å². The van der Waals surface area contributed by atoms with Crippen LogP contribution >= 0.6 is 0 Å². The van der Waals surface area contributed by atoms with E-state index in [0.717, 1.165) is 17.2 Å². The summed E-state index contributed by atoms with van der Waals surface area (Å²) in [6.07, 6.45) is 0. The second-order valence-corrected chi connectivity index (χ2v) is 2.33. The highest BCUT2D eigenvalue weighted by atomic mass is 16.5. The Morgan fingerprint density at radius 1 is 1.55 bits per heavy atom. The van der Waals surface area contributed by atoms with E-state index in [2.05, 4.69) is 5.32 Å². The Labute approximate surface area is 64.9 Å². The molecule has 0 bridgehead atoms. The number of anilines is 1. The number of ether oxygens (including phenoxy) is 2. The van der Waals surface area contributed by atoms with Crippen molar-refractivity contribution >= 4 is 5.69 Å². The number of hydrogen-bond acceptors (Lipinski definition) is 3. The van der Waals surface area contributed by atoms with Crippen molar-refractivity contribution < 1.29 is 9.47 Å². The Hall–Kier alpha value is -1.38. The molecule has 1 N–H and O–H groups in total. The highest BCUT2D eigenvalue weighted by molar-refractivity contribution is 5.61. The number of nitrogens with one attached hydrogen (secondary N) is 1. The standard InChI is InChI=1S/C8H9NO2/c1-10-6-2-3-7-8(4-6)11-5-9-7/h2-4,9H,5H2,1H3. The van der Waals surface area contributed by atoms with Crippen molar-refractivity contribution in [3.05, 3.63) is 18.2 Å². The molecule has 11 heavy (non-hydrogen) atoms. The van der Waals surface area contributed by atoms with Crippen molar-refractivity contribution in [3.8, 4) is 11.5 Å². The normalized spacial score (nSPS) is 13.2. The molecule has 1 heterocycles. The number of rotatable bonds is 1. The molecule has 1 aliphatic heterocycles. The van der Waals surface area contributed by atoms with Crippen molar-refractivity contribution in [3.63, 3.8) is 0 Å². The van der Waals surface area contributed by atoms with Crippen molar-refractivity contribution in [1.82, 2.24) is 0 Å². The van der Waals surface area contributed by atoms with E-state index < -0.39 is 0 Å². The number of fused-ring (bicyclic) bond motifs is 1. The molecule has 3 nitrogen and oxygen atoms in total. The van der Waals surface area contributed by atoms with Gasteiger partial charge in [0.1, 0.15) is 11.5 Å². The summed E-state index contributed by atoms with van der Waals surface area (Å²) in [7, 11) is 1.64. The van der Waals surface area contributed by atoms with Gasteiger partial charge in [-0.2, -0.15) is 0 Å². The minimum absolute atomic E-state index is 0.558. The van der Waals surface area contributed by atoms with Gasteiger partial charge in [0.15, 0.2) is 6.73 Å². The van der Waals surface area contributed by atoms with Gasteiger partial charge in [0, 0.05) is 6.07 Å². The van der Waals surface area contributed by atoms with E-state index in [1.165, 1.54) is 0 Å². The predicted molar refractivity (Wildman–Crippen MR) is 42.1 cm³/mol. The molecule has 0 unspecified atom stereocenters. The van der Waals surface area contributed by atoms with Gasteiger partial charge in [-0.05, 0) is 12.1 Å². The fourth-order valence-electron chi connectivity index (χ4n) is 1.09. The third-order valence-electron chi connectivity index (χ3n) is 1.68. The van der Waals surface area contributed by atoms with Crippen LogP contribution < -0.4 is 14.8 Å². The first-order chi connectivity index (χ1) is 5.40. The lowest BCUT2D eigenvalue weighted by Gasteiger charge is -2.00. The molecule has 0 atom stereocenters. The lowest BCUT2D eigenvalue weighted by atomic mass is 10.3. The molecule has 1 aromatic carbocycles. The summed E-state index contributed by atoms with van der Waals surface area (Å²) in [4.78, 5) is 0. The summed E-state index contributed by atoms with van der Waals surface area (Å²) in [5.74, 6) is 1.69. The first-order valence-electron chi connectivity index (χ1n) is 3.45. The zero-order chi connectivity index (χ0) is 7.68. The van der Waals surface area contributed by atoms with Crippen LogP contribution in [0.2, 0.25) is 0 Å². The van der Waals surface area contributed by atoms with E-state index in [-0.39, 0.29) is 0 Å². The first kappa shape index (κ1) is 6.34. The van der Waals surface area contributed by atoms with Crippen LogP contribution in [0.1, 0.15) is 0 Å². The molecule has 0 aliphatic carbocycles. The van der Waals surface area contributed by atoms with Crippen LogP contribution in [0.15, 0.2) is 18.2 Å². The SMILES string of the molecule is COc1ccc2c(c1)OCN2. The average Bonchev–Trinajstić information content (AvgIpc) is 2.50. The Balaban J connectivity index is 2.41. The van der Waals surface area contributed by atoms with Gasteiger partial charge in [0.25, 0.3) is 0 Å². The molecular formula is C8H9NO2. The van der Waals surface area contributed by atoms with Crippen LogP contribution in [0.25, 0.3) is 0 Å². The molecule has 2 rings (SSSR count). The molecule has 1 aromatic rings. The minimum Gasteiger partial charge on any atom is -0.497 e. The van der Waals surface area contributed by atoms with Gasteiger partial charge >= 0.3 is 0 Å². The lowest BCUT2D eigenvalue weighted by Crippen LogP contribution is -1.96. The van der Waals surface area contributed by atoms with Crippen LogP contribution in [0.3, 0.4) is 0 Å². The van der Waals surface area contributed by atoms with Gasteiger partial charge in [-0.3, -0.25) is 0 Å². The van der Waals surface area contributed by atoms with E-state index in [9.17, 15) is 0 Å². The molecule has 0 aromatic heterocycles. The van der Waals surface area contributed by atoms with Crippen LogP contribution in [0, 0.1) is 0 Å². The molecule has 3 heteroatoms. The van der Waals surface area contributed by atoms with Gasteiger partial charge in [-0.1, -0.05) is 0 Å². The Kier molecular flexibility index (Phi) is 1.35. The van der Waals surface area contributed by atoms with Gasteiger partial charge in [0.05, 0.1) is 12.8 Å². The van der Waals surface area contributed by atoms with E-state index in [4.69, 9.17) is 9.47 Å². The zero-order valence-electron chi connectivity index (χ0n) is 6.26. The molecule has 58 valence electrons. The summed E-state index contributed by atoms with van der Waals surface area (Å²) >= 11 is 0. The number of hydrogen-bond donors (Lipinski definition) is 1. The third kappa shape index (κ3) is 0.981. The molecule has 0 amide bonds. The van der Waals surface area contributed by atoms with E-state index in [1.807, 2.05) is 18.2 Å². The average molecular weight is 151 g/mol. The summed E-state index contributed by atoms with van der Waals surface area (Å²) in [6.45, 7) is 0.558. The maximum absolute atomic E-state index is 5.25. The molecule has 1 aliphatic rings. The largest absolute Gasteiger partial charge is 0.497 e. The molecule has 0 saturated carbocycles. The van der Waals surface area contributed by atoms with Gasteiger partial charge in [0.2, 0.25) is 0 Å². The predicted octanol–water partition coefficient (Wildman–Crippen LogP) is 1.46. The van der Waals surface area contributed by atoms with Crippen LogP contribution in [-0.2, 0) is 0 Å². The maximum Gasteiger partial charge on any atom is 0.159 e. The fraction of sp³-hybridized carbons (Fsp3) is 0.250. The van der Waals surface area contributed by atoms with Crippen LogP contribution in [0.4, 0.5) is 5.69 Å². The second kappa shape index (κ2) is 2.34. The van der Waals surface area contributed by atoms with E-state index in [1.54, 1.807) is 7.11 Å². The van der Waals surface area contributed by atoms with Gasteiger partial charge in [-0.25, -0.2) is 0 Å². The third-order valence-corrected chi connectivity index (χ3v) is 1.68. The first-order valence-corrected chi connectivity index (χ1v) is 3.45. The molecule has 0 saturated heterocycles. The zero-order valence-corrected chi connectivity index (χ0v) is 6.26. The van der Waals surface area contributed by atoms with Crippen molar-refractivity contribution in [2.24, 2.45) is 0 Å². The van der Waals surface area contributed by atoms with E-state index >= 15 is 0 Å². The number of methoxy groups -OCH3 is 1. The summed E-state index contributed by atoms with van der Waals surface area (Å²) in [6, 6.07) is 5.72. The molecular weight excluding hydrogens is 142 g/mol. The van der Waals surface area contributed by atoms with Crippen molar-refractivity contribution in [1.29, 1.82) is 0 Å². The highest BCUT2D eigenvalue weighted by Crippen LogP contribution is 2.32. The Bertz CT molecular complexity index is 273. The van der Waals surface area contributed by atoms with E-state index in [0.29, 0.717) is 6.73 Å². The van der Waals surface area contributed by atoms with Crippen LogP contribution in [0.5, 0.6) is 11.5 Å². The second-order valence-electron chi connectivity index (χ2n) is 2.33. The number of benzene rings is 1. The lowest BCUT2D eigenvalue weighted by molar-refractivity contribution is 0.366. The van der Waals surface area contributed by atoms with Crippen LogP contribution in [-0.4, -0.2) is 13.8 Å².